The SMILES string of the molecule is COCc1cccc(C(=O)N(C2CC2)C(C)C(=O)O)c1. The minimum Gasteiger partial charge on any atom is -0.480 e. The third-order valence-corrected chi connectivity index (χ3v) is 3.43. The highest BCUT2D eigenvalue weighted by atomic mass is 16.5. The summed E-state index contributed by atoms with van der Waals surface area (Å²) >= 11 is 0. The fraction of sp³-hybridized carbons (Fsp3) is 0.467. The molecule has 1 atom stereocenters. The Hall–Kier alpha value is -1.88. The molecule has 0 bridgehead atoms. The molecule has 0 spiro atoms. The van der Waals surface area contributed by atoms with Gasteiger partial charge in [0.2, 0.25) is 0 Å². The maximum Gasteiger partial charge on any atom is 0.326 e. The summed E-state index contributed by atoms with van der Waals surface area (Å²) in [6.45, 7) is 1.98. The van der Waals surface area contributed by atoms with E-state index in [2.05, 4.69) is 0 Å². The molecule has 2 rings (SSSR count). The summed E-state index contributed by atoms with van der Waals surface area (Å²) in [5, 5.41) is 9.15. The van der Waals surface area contributed by atoms with Gasteiger partial charge in [0.25, 0.3) is 5.91 Å². The predicted molar refractivity (Wildman–Crippen MR) is 73.4 cm³/mol. The van der Waals surface area contributed by atoms with E-state index in [1.165, 1.54) is 4.90 Å². The summed E-state index contributed by atoms with van der Waals surface area (Å²) in [7, 11) is 1.59. The van der Waals surface area contributed by atoms with Gasteiger partial charge in [-0.05, 0) is 37.5 Å². The van der Waals surface area contributed by atoms with Gasteiger partial charge in [0.1, 0.15) is 6.04 Å². The molecule has 0 aliphatic heterocycles. The predicted octanol–water partition coefficient (Wildman–Crippen LogP) is 1.91. The zero-order chi connectivity index (χ0) is 14.7. The summed E-state index contributed by atoms with van der Waals surface area (Å²) in [4.78, 5) is 25.2. The Kier molecular flexibility index (Phi) is 4.39. The Morgan fingerprint density at radius 3 is 2.70 bits per heavy atom. The maximum atomic E-state index is 12.6. The van der Waals surface area contributed by atoms with Gasteiger partial charge in [-0.3, -0.25) is 4.79 Å². The fourth-order valence-electron chi connectivity index (χ4n) is 2.24. The molecule has 1 aromatic rings. The molecular weight excluding hydrogens is 258 g/mol. The number of carboxylic acids is 1. The average Bonchev–Trinajstić information content (AvgIpc) is 3.24. The van der Waals surface area contributed by atoms with Crippen LogP contribution in [-0.4, -0.2) is 41.1 Å². The highest BCUT2D eigenvalue weighted by Crippen LogP contribution is 2.30. The van der Waals surface area contributed by atoms with E-state index in [4.69, 9.17) is 9.84 Å². The summed E-state index contributed by atoms with van der Waals surface area (Å²) in [5.41, 5.74) is 1.41. The Bertz CT molecular complexity index is 510. The largest absolute Gasteiger partial charge is 0.480 e. The Morgan fingerprint density at radius 2 is 2.15 bits per heavy atom. The van der Waals surface area contributed by atoms with Crippen LogP contribution in [0, 0.1) is 0 Å². The maximum absolute atomic E-state index is 12.6. The van der Waals surface area contributed by atoms with Crippen LogP contribution >= 0.6 is 0 Å². The molecule has 1 N–H and O–H groups in total. The van der Waals surface area contributed by atoms with E-state index >= 15 is 0 Å². The van der Waals surface area contributed by atoms with E-state index in [9.17, 15) is 9.59 Å². The molecule has 1 fully saturated rings. The second-order valence-corrected chi connectivity index (χ2v) is 5.09. The quantitative estimate of drug-likeness (QED) is 0.862. The van der Waals surface area contributed by atoms with E-state index in [-0.39, 0.29) is 11.9 Å². The van der Waals surface area contributed by atoms with Crippen LogP contribution in [0.15, 0.2) is 24.3 Å². The van der Waals surface area contributed by atoms with Crippen molar-refractivity contribution < 1.29 is 19.4 Å². The molecule has 1 aliphatic rings. The van der Waals surface area contributed by atoms with Gasteiger partial charge in [-0.15, -0.1) is 0 Å². The smallest absolute Gasteiger partial charge is 0.326 e. The van der Waals surface area contributed by atoms with Crippen LogP contribution in [0.25, 0.3) is 0 Å². The van der Waals surface area contributed by atoms with Gasteiger partial charge in [-0.1, -0.05) is 12.1 Å². The molecule has 5 heteroatoms. The van der Waals surface area contributed by atoms with Gasteiger partial charge in [-0.25, -0.2) is 4.79 Å². The van der Waals surface area contributed by atoms with Crippen molar-refractivity contribution in [2.45, 2.75) is 38.5 Å². The second kappa shape index (κ2) is 6.05. The van der Waals surface area contributed by atoms with Crippen LogP contribution in [0.3, 0.4) is 0 Å². The first-order valence-electron chi connectivity index (χ1n) is 6.68. The van der Waals surface area contributed by atoms with E-state index in [0.717, 1.165) is 18.4 Å². The van der Waals surface area contributed by atoms with E-state index in [0.29, 0.717) is 12.2 Å². The molecule has 5 nitrogen and oxygen atoms in total. The van der Waals surface area contributed by atoms with E-state index in [1.54, 1.807) is 32.2 Å². The number of ether oxygens (including phenoxy) is 1. The first kappa shape index (κ1) is 14.5. The third-order valence-electron chi connectivity index (χ3n) is 3.43. The monoisotopic (exact) mass is 277 g/mol. The number of carboxylic acid groups (broad SMARTS) is 1. The number of hydrogen-bond donors (Lipinski definition) is 1. The van der Waals surface area contributed by atoms with Crippen molar-refractivity contribution in [2.24, 2.45) is 0 Å². The van der Waals surface area contributed by atoms with Crippen molar-refractivity contribution in [3.8, 4) is 0 Å². The third kappa shape index (κ3) is 3.17. The van der Waals surface area contributed by atoms with Crippen molar-refractivity contribution in [3.63, 3.8) is 0 Å². The van der Waals surface area contributed by atoms with E-state index in [1.807, 2.05) is 6.07 Å². The van der Waals surface area contributed by atoms with Crippen LogP contribution < -0.4 is 0 Å². The Balaban J connectivity index is 2.23. The molecule has 0 saturated heterocycles. The average molecular weight is 277 g/mol. The van der Waals surface area contributed by atoms with Crippen LogP contribution in [0.2, 0.25) is 0 Å². The number of amides is 1. The molecule has 1 saturated carbocycles. The lowest BCUT2D eigenvalue weighted by molar-refractivity contribution is -0.141. The minimum atomic E-state index is -0.974. The van der Waals surface area contributed by atoms with Gasteiger partial charge < -0.3 is 14.7 Å². The highest BCUT2D eigenvalue weighted by molar-refractivity contribution is 5.97. The van der Waals surface area contributed by atoms with Gasteiger partial charge >= 0.3 is 5.97 Å². The summed E-state index contributed by atoms with van der Waals surface area (Å²) < 4.78 is 5.05. The standard InChI is InChI=1S/C15H19NO4/c1-10(15(18)19)16(13-6-7-13)14(17)12-5-3-4-11(8-12)9-20-2/h3-5,8,10,13H,6-7,9H2,1-2H3,(H,18,19). The zero-order valence-corrected chi connectivity index (χ0v) is 11.7. The number of rotatable bonds is 6. The number of nitrogens with zero attached hydrogens (tertiary/aromatic N) is 1. The lowest BCUT2D eigenvalue weighted by Gasteiger charge is -2.26. The number of benzene rings is 1. The first-order chi connectivity index (χ1) is 9.54. The first-order valence-corrected chi connectivity index (χ1v) is 6.68. The zero-order valence-electron chi connectivity index (χ0n) is 11.7. The van der Waals surface area contributed by atoms with Crippen molar-refractivity contribution in [1.82, 2.24) is 4.90 Å². The number of aliphatic carboxylic acids is 1. The second-order valence-electron chi connectivity index (χ2n) is 5.09. The van der Waals surface area contributed by atoms with Crippen molar-refractivity contribution >= 4 is 11.9 Å². The van der Waals surface area contributed by atoms with Crippen molar-refractivity contribution in [1.29, 1.82) is 0 Å². The lowest BCUT2D eigenvalue weighted by Crippen LogP contribution is -2.44. The minimum absolute atomic E-state index is 0.0553. The Morgan fingerprint density at radius 1 is 1.45 bits per heavy atom. The van der Waals surface area contributed by atoms with Gasteiger partial charge in [0, 0.05) is 18.7 Å². The van der Waals surface area contributed by atoms with Gasteiger partial charge in [-0.2, -0.15) is 0 Å². The molecule has 0 aromatic heterocycles. The molecule has 1 amide bonds. The molecule has 1 unspecified atom stereocenters. The van der Waals surface area contributed by atoms with Crippen LogP contribution in [0.5, 0.6) is 0 Å². The van der Waals surface area contributed by atoms with Crippen LogP contribution in [0.1, 0.15) is 35.7 Å². The number of methoxy groups -OCH3 is 1. The summed E-state index contributed by atoms with van der Waals surface area (Å²) in [6.07, 6.45) is 1.75. The number of carbonyl (C=O) groups excluding carboxylic acids is 1. The number of carbonyl (C=O) groups is 2. The number of hydrogen-bond acceptors (Lipinski definition) is 3. The molecule has 1 aromatic carbocycles. The van der Waals surface area contributed by atoms with Crippen LogP contribution in [0.4, 0.5) is 0 Å². The van der Waals surface area contributed by atoms with E-state index < -0.39 is 12.0 Å². The molecule has 108 valence electrons. The molecule has 20 heavy (non-hydrogen) atoms. The molecule has 0 radical (unpaired) electrons. The van der Waals surface area contributed by atoms with Gasteiger partial charge in [0.05, 0.1) is 6.61 Å². The van der Waals surface area contributed by atoms with Crippen molar-refractivity contribution in [2.75, 3.05) is 7.11 Å². The molecule has 1 aliphatic carbocycles. The molecule has 0 heterocycles. The molecular formula is C15H19NO4. The van der Waals surface area contributed by atoms with Crippen LogP contribution in [-0.2, 0) is 16.1 Å². The van der Waals surface area contributed by atoms with Crippen molar-refractivity contribution in [3.05, 3.63) is 35.4 Å². The lowest BCUT2D eigenvalue weighted by atomic mass is 10.1. The Labute approximate surface area is 118 Å². The van der Waals surface area contributed by atoms with Gasteiger partial charge in [0.15, 0.2) is 0 Å². The topological polar surface area (TPSA) is 66.8 Å². The highest BCUT2D eigenvalue weighted by Gasteiger charge is 2.38. The fourth-order valence-corrected chi connectivity index (χ4v) is 2.24. The normalized spacial score (nSPS) is 15.7. The summed E-state index contributed by atoms with van der Waals surface area (Å²) in [5.74, 6) is -1.20. The summed E-state index contributed by atoms with van der Waals surface area (Å²) in [6, 6.07) is 6.39.